The van der Waals surface area contributed by atoms with Crippen molar-refractivity contribution < 1.29 is 9.59 Å². The predicted molar refractivity (Wildman–Crippen MR) is 142 cm³/mol. The average molecular weight is 497 g/mol. The number of benzene rings is 2. The minimum Gasteiger partial charge on any atom is -0.300 e. The standard InChI is InChI=1S/C28H33ClN2O2S/c1-2-23-12-5-7-16-30(23)17-8-6-13-24(32)20-31-25-14-3-4-15-26(25)34-27(28(31)33)19-21-10-9-11-22(29)18-21/h3-4,9-11,14-15,18-19,23H,2,5-8,12-13,16-17,20H2,1H3/b27-19+. The van der Waals surface area contributed by atoms with Crippen LogP contribution in [0.5, 0.6) is 0 Å². The molecule has 0 aromatic heterocycles. The molecule has 0 radical (unpaired) electrons. The summed E-state index contributed by atoms with van der Waals surface area (Å²) in [5, 5.41) is 0.629. The normalized spacial score (nSPS) is 19.9. The molecule has 0 aliphatic carbocycles. The summed E-state index contributed by atoms with van der Waals surface area (Å²) in [6, 6.07) is 15.9. The zero-order valence-corrected chi connectivity index (χ0v) is 21.4. The van der Waals surface area contributed by atoms with Crippen LogP contribution < -0.4 is 4.90 Å². The fourth-order valence-corrected chi connectivity index (χ4v) is 6.13. The highest BCUT2D eigenvalue weighted by Gasteiger charge is 2.30. The van der Waals surface area contributed by atoms with E-state index < -0.39 is 0 Å². The number of likely N-dealkylation sites (tertiary alicyclic amines) is 1. The predicted octanol–water partition coefficient (Wildman–Crippen LogP) is 6.82. The Hall–Kier alpha value is -2.08. The van der Waals surface area contributed by atoms with Crippen LogP contribution in [-0.4, -0.2) is 42.3 Å². The van der Waals surface area contributed by atoms with Gasteiger partial charge in [0.2, 0.25) is 0 Å². The lowest BCUT2D eigenvalue weighted by molar-refractivity contribution is -0.121. The monoisotopic (exact) mass is 496 g/mol. The zero-order valence-electron chi connectivity index (χ0n) is 19.8. The molecule has 1 amide bonds. The summed E-state index contributed by atoms with van der Waals surface area (Å²) >= 11 is 7.57. The van der Waals surface area contributed by atoms with Gasteiger partial charge in [-0.15, -0.1) is 0 Å². The van der Waals surface area contributed by atoms with Crippen molar-refractivity contribution in [1.82, 2.24) is 4.90 Å². The summed E-state index contributed by atoms with van der Waals surface area (Å²) in [7, 11) is 0. The van der Waals surface area contributed by atoms with E-state index >= 15 is 0 Å². The highest BCUT2D eigenvalue weighted by Crippen LogP contribution is 2.42. The minimum atomic E-state index is -0.129. The van der Waals surface area contributed by atoms with Crippen LogP contribution in [0.15, 0.2) is 58.3 Å². The molecular weight excluding hydrogens is 464 g/mol. The van der Waals surface area contributed by atoms with Crippen LogP contribution in [0.4, 0.5) is 5.69 Å². The van der Waals surface area contributed by atoms with Crippen LogP contribution in [0, 0.1) is 0 Å². The number of ketones is 1. The Kier molecular flexibility index (Phi) is 8.87. The van der Waals surface area contributed by atoms with E-state index in [2.05, 4.69) is 11.8 Å². The van der Waals surface area contributed by atoms with Crippen molar-refractivity contribution in [3.05, 3.63) is 64.0 Å². The van der Waals surface area contributed by atoms with Crippen LogP contribution in [0.3, 0.4) is 0 Å². The number of hydrogen-bond acceptors (Lipinski definition) is 4. The smallest absolute Gasteiger partial charge is 0.265 e. The Morgan fingerprint density at radius 2 is 2.00 bits per heavy atom. The molecule has 0 spiro atoms. The van der Waals surface area contributed by atoms with Gasteiger partial charge in [0.25, 0.3) is 5.91 Å². The van der Waals surface area contributed by atoms with E-state index in [1.165, 1.54) is 44.0 Å². The van der Waals surface area contributed by atoms with E-state index in [1.54, 1.807) is 4.90 Å². The molecule has 2 heterocycles. The van der Waals surface area contributed by atoms with Crippen molar-refractivity contribution in [2.75, 3.05) is 24.5 Å². The van der Waals surface area contributed by atoms with Crippen LogP contribution in [0.2, 0.25) is 5.02 Å². The number of fused-ring (bicyclic) bond motifs is 1. The summed E-state index contributed by atoms with van der Waals surface area (Å²) < 4.78 is 0. The Labute approximate surface area is 212 Å². The fourth-order valence-electron chi connectivity index (χ4n) is 4.88. The molecule has 1 atom stereocenters. The number of para-hydroxylation sites is 1. The largest absolute Gasteiger partial charge is 0.300 e. The maximum absolute atomic E-state index is 13.4. The Morgan fingerprint density at radius 3 is 2.82 bits per heavy atom. The Morgan fingerprint density at radius 1 is 1.15 bits per heavy atom. The number of unbranched alkanes of at least 4 members (excludes halogenated alkanes) is 1. The van der Waals surface area contributed by atoms with Gasteiger partial charge in [0.15, 0.2) is 5.78 Å². The lowest BCUT2D eigenvalue weighted by Gasteiger charge is -2.35. The summed E-state index contributed by atoms with van der Waals surface area (Å²) in [5.74, 6) is -0.0148. The van der Waals surface area contributed by atoms with Crippen molar-refractivity contribution in [3.63, 3.8) is 0 Å². The number of rotatable bonds is 9. The molecule has 180 valence electrons. The summed E-state index contributed by atoms with van der Waals surface area (Å²) in [6.45, 7) is 4.64. The molecule has 0 N–H and O–H groups in total. The molecule has 4 nitrogen and oxygen atoms in total. The SMILES string of the molecule is CCC1CCCCN1CCCCC(=O)CN1C(=O)/C(=C\c2cccc(Cl)c2)Sc2ccccc21. The van der Waals surface area contributed by atoms with E-state index in [0.717, 1.165) is 35.5 Å². The molecule has 1 fully saturated rings. The molecule has 2 aromatic carbocycles. The number of hydrogen-bond donors (Lipinski definition) is 0. The number of carbonyl (C=O) groups is 2. The van der Waals surface area contributed by atoms with Gasteiger partial charge < -0.3 is 4.90 Å². The first kappa shape index (κ1) is 25.0. The third-order valence-electron chi connectivity index (χ3n) is 6.68. The van der Waals surface area contributed by atoms with Crippen LogP contribution in [0.1, 0.15) is 57.4 Å². The van der Waals surface area contributed by atoms with E-state index in [9.17, 15) is 9.59 Å². The summed E-state index contributed by atoms with van der Waals surface area (Å²) in [5.41, 5.74) is 1.69. The number of nitrogens with zero attached hydrogens (tertiary/aromatic N) is 2. The zero-order chi connectivity index (χ0) is 23.9. The number of piperidine rings is 1. The van der Waals surface area contributed by atoms with E-state index in [4.69, 9.17) is 11.6 Å². The first-order valence-corrected chi connectivity index (χ1v) is 13.6. The Balaban J connectivity index is 1.38. The number of amides is 1. The number of halogens is 1. The van der Waals surface area contributed by atoms with Crippen molar-refractivity contribution >= 4 is 46.8 Å². The molecule has 2 aromatic rings. The second-order valence-electron chi connectivity index (χ2n) is 9.11. The van der Waals surface area contributed by atoms with Crippen LogP contribution in [0.25, 0.3) is 6.08 Å². The van der Waals surface area contributed by atoms with Gasteiger partial charge in [-0.05, 0) is 81.1 Å². The number of anilines is 1. The molecule has 2 aliphatic heterocycles. The van der Waals surface area contributed by atoms with Crippen molar-refractivity contribution in [3.8, 4) is 0 Å². The Bertz CT molecular complexity index is 1050. The molecule has 0 saturated carbocycles. The maximum atomic E-state index is 13.4. The van der Waals surface area contributed by atoms with Gasteiger partial charge in [-0.25, -0.2) is 0 Å². The molecule has 34 heavy (non-hydrogen) atoms. The lowest BCUT2D eigenvalue weighted by Crippen LogP contribution is -2.40. The average Bonchev–Trinajstić information content (AvgIpc) is 2.84. The first-order chi connectivity index (χ1) is 16.5. The molecule has 1 unspecified atom stereocenters. The number of thioether (sulfide) groups is 1. The quantitative estimate of drug-likeness (QED) is 0.282. The van der Waals surface area contributed by atoms with Crippen LogP contribution >= 0.6 is 23.4 Å². The van der Waals surface area contributed by atoms with Gasteiger partial charge in [0, 0.05) is 22.4 Å². The lowest BCUT2D eigenvalue weighted by atomic mass is 9.99. The van der Waals surface area contributed by atoms with Gasteiger partial charge in [-0.2, -0.15) is 0 Å². The number of Topliss-reactive ketones (excluding diaryl/α,β-unsaturated/α-hetero) is 1. The van der Waals surface area contributed by atoms with E-state index in [-0.39, 0.29) is 18.2 Å². The van der Waals surface area contributed by atoms with Crippen LogP contribution in [-0.2, 0) is 9.59 Å². The van der Waals surface area contributed by atoms with Crippen molar-refractivity contribution in [1.29, 1.82) is 0 Å². The van der Waals surface area contributed by atoms with Gasteiger partial charge in [-0.1, -0.05) is 61.0 Å². The van der Waals surface area contributed by atoms with E-state index in [1.807, 2.05) is 54.6 Å². The maximum Gasteiger partial charge on any atom is 0.265 e. The summed E-state index contributed by atoms with van der Waals surface area (Å²) in [6.07, 6.45) is 9.40. The van der Waals surface area contributed by atoms with Gasteiger partial charge in [0.1, 0.15) is 0 Å². The van der Waals surface area contributed by atoms with Gasteiger partial charge >= 0.3 is 0 Å². The number of carbonyl (C=O) groups excluding carboxylic acids is 2. The second-order valence-corrected chi connectivity index (χ2v) is 10.6. The fraction of sp³-hybridized carbons (Fsp3) is 0.429. The topological polar surface area (TPSA) is 40.6 Å². The van der Waals surface area contributed by atoms with Crippen molar-refractivity contribution in [2.45, 2.75) is 62.8 Å². The van der Waals surface area contributed by atoms with Gasteiger partial charge in [-0.3, -0.25) is 14.5 Å². The molecule has 1 saturated heterocycles. The highest BCUT2D eigenvalue weighted by molar-refractivity contribution is 8.04. The third-order valence-corrected chi connectivity index (χ3v) is 8.00. The molecular formula is C28H33ClN2O2S. The third kappa shape index (κ3) is 6.32. The van der Waals surface area contributed by atoms with E-state index in [0.29, 0.717) is 22.4 Å². The minimum absolute atomic E-state index is 0.114. The van der Waals surface area contributed by atoms with Crippen molar-refractivity contribution in [2.24, 2.45) is 0 Å². The molecule has 0 bridgehead atoms. The molecule has 6 heteroatoms. The second kappa shape index (κ2) is 12.1. The van der Waals surface area contributed by atoms with Gasteiger partial charge in [0.05, 0.1) is 17.1 Å². The molecule has 2 aliphatic rings. The summed E-state index contributed by atoms with van der Waals surface area (Å²) in [4.78, 5) is 32.1. The highest BCUT2D eigenvalue weighted by atomic mass is 35.5. The first-order valence-electron chi connectivity index (χ1n) is 12.4. The molecule has 4 rings (SSSR count).